The Morgan fingerprint density at radius 2 is 1.14 bits per heavy atom. The Balaban J connectivity index is 0.000000238. The maximum atomic E-state index is 9.43. The van der Waals surface area contributed by atoms with Crippen molar-refractivity contribution in [3.63, 3.8) is 0 Å². The van der Waals surface area contributed by atoms with Crippen LogP contribution in [0.3, 0.4) is 0 Å². The van der Waals surface area contributed by atoms with Gasteiger partial charge in [-0.2, -0.15) is 0 Å². The second-order valence-electron chi connectivity index (χ2n) is 6.24. The van der Waals surface area contributed by atoms with E-state index in [0.29, 0.717) is 5.52 Å². The van der Waals surface area contributed by atoms with Crippen LogP contribution in [0.25, 0.3) is 22.0 Å². The predicted molar refractivity (Wildman–Crippen MR) is 127 cm³/mol. The van der Waals surface area contributed by atoms with Crippen LogP contribution in [0.4, 0.5) is 0 Å². The van der Waals surface area contributed by atoms with E-state index in [0.717, 1.165) is 11.1 Å². The van der Waals surface area contributed by atoms with E-state index in [1.807, 2.05) is 57.2 Å². The van der Waals surface area contributed by atoms with Crippen LogP contribution in [-0.4, -0.2) is 10.1 Å². The smallest absolute Gasteiger partial charge is 0.141 e. The molecule has 0 spiro atoms. The Morgan fingerprint density at radius 3 is 1.62 bits per heavy atom. The van der Waals surface area contributed by atoms with E-state index in [4.69, 9.17) is 0 Å². The third kappa shape index (κ3) is 8.18. The summed E-state index contributed by atoms with van der Waals surface area (Å²) < 4.78 is 0. The zero-order chi connectivity index (χ0) is 21.5. The molecule has 2 nitrogen and oxygen atoms in total. The Morgan fingerprint density at radius 1 is 0.655 bits per heavy atom. The zero-order valence-electron chi connectivity index (χ0n) is 18.3. The SMILES string of the molecule is CC.CCC.Cc1ccc2cccc(O)c2n1.c1ccc(-c2ccccc2)cc1. The third-order valence-corrected chi connectivity index (χ3v) is 3.72. The van der Waals surface area contributed by atoms with Crippen molar-refractivity contribution in [1.29, 1.82) is 0 Å². The molecule has 1 aromatic heterocycles. The Labute approximate surface area is 175 Å². The zero-order valence-corrected chi connectivity index (χ0v) is 18.3. The number of nitrogens with zero attached hydrogens (tertiary/aromatic N) is 1. The first-order chi connectivity index (χ1) is 14.2. The number of phenols is 1. The molecule has 152 valence electrons. The molecule has 0 saturated carbocycles. The fourth-order valence-electron chi connectivity index (χ4n) is 2.49. The lowest BCUT2D eigenvalue weighted by Gasteiger charge is -1.99. The van der Waals surface area contributed by atoms with E-state index >= 15 is 0 Å². The number of aryl methyl sites for hydroxylation is 1. The summed E-state index contributed by atoms with van der Waals surface area (Å²) in [5.41, 5.74) is 4.15. The number of rotatable bonds is 1. The minimum Gasteiger partial charge on any atom is -0.506 e. The number of hydrogen-bond acceptors (Lipinski definition) is 2. The van der Waals surface area contributed by atoms with E-state index in [2.05, 4.69) is 67.4 Å². The highest BCUT2D eigenvalue weighted by atomic mass is 16.3. The molecule has 1 N–H and O–H groups in total. The van der Waals surface area contributed by atoms with Gasteiger partial charge in [0.15, 0.2) is 0 Å². The second-order valence-corrected chi connectivity index (χ2v) is 6.24. The van der Waals surface area contributed by atoms with E-state index in [9.17, 15) is 5.11 Å². The maximum Gasteiger partial charge on any atom is 0.141 e. The van der Waals surface area contributed by atoms with Crippen molar-refractivity contribution < 1.29 is 5.11 Å². The van der Waals surface area contributed by atoms with E-state index < -0.39 is 0 Å². The minimum atomic E-state index is 0.246. The number of aromatic nitrogens is 1. The van der Waals surface area contributed by atoms with Gasteiger partial charge >= 0.3 is 0 Å². The van der Waals surface area contributed by atoms with Crippen LogP contribution in [0.15, 0.2) is 91.0 Å². The van der Waals surface area contributed by atoms with Crippen molar-refractivity contribution in [1.82, 2.24) is 4.98 Å². The molecule has 2 heteroatoms. The summed E-state index contributed by atoms with van der Waals surface area (Å²) in [6.45, 7) is 10.2. The lowest BCUT2D eigenvalue weighted by atomic mass is 10.1. The van der Waals surface area contributed by atoms with Gasteiger partial charge in [0.2, 0.25) is 0 Å². The molecule has 4 aromatic rings. The molecule has 3 aromatic carbocycles. The van der Waals surface area contributed by atoms with Gasteiger partial charge in [-0.25, -0.2) is 4.98 Å². The fraction of sp³-hybridized carbons (Fsp3) is 0.222. The van der Waals surface area contributed by atoms with Crippen molar-refractivity contribution >= 4 is 10.9 Å². The Bertz CT molecular complexity index is 897. The average Bonchev–Trinajstić information content (AvgIpc) is 2.78. The normalized spacial score (nSPS) is 9.14. The molecule has 29 heavy (non-hydrogen) atoms. The van der Waals surface area contributed by atoms with Crippen molar-refractivity contribution in [2.45, 2.75) is 41.0 Å². The summed E-state index contributed by atoms with van der Waals surface area (Å²) in [6, 6.07) is 30.1. The summed E-state index contributed by atoms with van der Waals surface area (Å²) in [6.07, 6.45) is 1.25. The number of pyridine rings is 1. The summed E-state index contributed by atoms with van der Waals surface area (Å²) in [5.74, 6) is 0.246. The van der Waals surface area contributed by atoms with Gasteiger partial charge in [-0.05, 0) is 30.2 Å². The largest absolute Gasteiger partial charge is 0.506 e. The molecule has 0 amide bonds. The van der Waals surface area contributed by atoms with E-state index in [-0.39, 0.29) is 5.75 Å². The lowest BCUT2D eigenvalue weighted by Crippen LogP contribution is -1.82. The highest BCUT2D eigenvalue weighted by Crippen LogP contribution is 2.21. The topological polar surface area (TPSA) is 33.1 Å². The van der Waals surface area contributed by atoms with E-state index in [1.54, 1.807) is 6.07 Å². The molecule has 0 radical (unpaired) electrons. The number of para-hydroxylation sites is 1. The van der Waals surface area contributed by atoms with Crippen LogP contribution in [0, 0.1) is 6.92 Å². The first-order valence-electron chi connectivity index (χ1n) is 10.3. The summed E-state index contributed by atoms with van der Waals surface area (Å²) in [5, 5.41) is 10.4. The molecule has 0 unspecified atom stereocenters. The molecule has 1 heterocycles. The summed E-state index contributed by atoms with van der Waals surface area (Å²) in [4.78, 5) is 4.23. The first kappa shape index (κ1) is 23.9. The minimum absolute atomic E-state index is 0.246. The standard InChI is InChI=1S/C12H10.C10H9NO.C3H8.C2H6/c1-3-7-11(8-4-1)12-9-5-2-6-10-12;1-7-5-6-8-3-2-4-9(12)10(8)11-7;1-3-2;1-2/h1-10H;2-6,12H,1H3;3H2,1-2H3;1-2H3. The van der Waals surface area contributed by atoms with Crippen molar-refractivity contribution in [3.05, 3.63) is 96.7 Å². The Kier molecular flexibility index (Phi) is 11.5. The van der Waals surface area contributed by atoms with Crippen LogP contribution in [-0.2, 0) is 0 Å². The van der Waals surface area contributed by atoms with Gasteiger partial charge < -0.3 is 5.11 Å². The van der Waals surface area contributed by atoms with Gasteiger partial charge in [0.25, 0.3) is 0 Å². The number of aromatic hydroxyl groups is 1. The van der Waals surface area contributed by atoms with Crippen LogP contribution >= 0.6 is 0 Å². The monoisotopic (exact) mass is 387 g/mol. The molecule has 0 atom stereocenters. The average molecular weight is 388 g/mol. The van der Waals surface area contributed by atoms with Crippen LogP contribution in [0.1, 0.15) is 39.8 Å². The van der Waals surface area contributed by atoms with Crippen LogP contribution in [0.5, 0.6) is 5.75 Å². The highest BCUT2D eigenvalue weighted by molar-refractivity contribution is 5.84. The molecule has 0 aliphatic rings. The van der Waals surface area contributed by atoms with Crippen molar-refractivity contribution in [3.8, 4) is 16.9 Å². The Hall–Kier alpha value is -3.13. The molecule has 0 aliphatic carbocycles. The van der Waals surface area contributed by atoms with Crippen LogP contribution in [0.2, 0.25) is 0 Å². The lowest BCUT2D eigenvalue weighted by molar-refractivity contribution is 0.480. The van der Waals surface area contributed by atoms with Gasteiger partial charge in [0.1, 0.15) is 11.3 Å². The highest BCUT2D eigenvalue weighted by Gasteiger charge is 1.99. The molecule has 0 aliphatic heterocycles. The van der Waals surface area contributed by atoms with Gasteiger partial charge in [0.05, 0.1) is 0 Å². The van der Waals surface area contributed by atoms with Crippen molar-refractivity contribution in [2.24, 2.45) is 0 Å². The van der Waals surface area contributed by atoms with Crippen LogP contribution < -0.4 is 0 Å². The predicted octanol–water partition coefficient (Wildman–Crippen LogP) is 8.04. The fourth-order valence-corrected chi connectivity index (χ4v) is 2.49. The van der Waals surface area contributed by atoms with E-state index in [1.165, 1.54) is 17.5 Å². The molecule has 0 bridgehead atoms. The molecule has 0 fully saturated rings. The number of phenolic OH excluding ortho intramolecular Hbond substituents is 1. The van der Waals surface area contributed by atoms with Crippen molar-refractivity contribution in [2.75, 3.05) is 0 Å². The number of benzene rings is 3. The number of hydrogen-bond donors (Lipinski definition) is 1. The molecular weight excluding hydrogens is 354 g/mol. The molecular formula is C27H33NO. The van der Waals surface area contributed by atoms with Gasteiger partial charge in [-0.15, -0.1) is 0 Å². The number of fused-ring (bicyclic) bond motifs is 1. The molecule has 4 rings (SSSR count). The summed E-state index contributed by atoms with van der Waals surface area (Å²) in [7, 11) is 0. The summed E-state index contributed by atoms with van der Waals surface area (Å²) >= 11 is 0. The van der Waals surface area contributed by atoms with Gasteiger partial charge in [-0.3, -0.25) is 0 Å². The third-order valence-electron chi connectivity index (χ3n) is 3.72. The van der Waals surface area contributed by atoms with Gasteiger partial charge in [-0.1, -0.05) is 113 Å². The van der Waals surface area contributed by atoms with Gasteiger partial charge in [0, 0.05) is 11.1 Å². The quantitative estimate of drug-likeness (QED) is 0.358. The second kappa shape index (κ2) is 14.0. The maximum absolute atomic E-state index is 9.43. The first-order valence-corrected chi connectivity index (χ1v) is 10.3. The molecule has 0 saturated heterocycles.